The molecular weight excluding hydrogens is 1780 g/mol. The topological polar surface area (TPSA) is 399 Å². The molecule has 4 N–H and O–H groups in total. The van der Waals surface area contributed by atoms with E-state index in [9.17, 15) is 71.7 Å². The van der Waals surface area contributed by atoms with Crippen LogP contribution in [0.4, 0.5) is 0 Å². The van der Waals surface area contributed by atoms with Crippen molar-refractivity contribution in [2.45, 2.75) is 115 Å². The minimum absolute atomic E-state index is 0.0139. The van der Waals surface area contributed by atoms with E-state index in [2.05, 4.69) is 90.8 Å². The number of carbonyl (C=O) groups is 4. The van der Waals surface area contributed by atoms with Gasteiger partial charge in [-0.05, 0) is 201 Å². The fourth-order valence-electron chi connectivity index (χ4n) is 13.1. The third-order valence-electron chi connectivity index (χ3n) is 21.4. The maximum Gasteiger partial charge on any atom is 0.539 e. The van der Waals surface area contributed by atoms with Gasteiger partial charge in [-0.3, -0.25) is 61.7 Å². The van der Waals surface area contributed by atoms with Crippen LogP contribution < -0.4 is 72.2 Å². The molecule has 5 heterocycles. The zero-order valence-corrected chi connectivity index (χ0v) is 85.4. The van der Waals surface area contributed by atoms with E-state index < -0.39 is 31.8 Å². The van der Waals surface area contributed by atoms with Crippen molar-refractivity contribution in [2.24, 2.45) is 70.5 Å². The van der Waals surface area contributed by atoms with Gasteiger partial charge in [0, 0.05) is 124 Å². The number of carbonyl (C=O) groups excluding carboxylic acids is 4. The van der Waals surface area contributed by atoms with Gasteiger partial charge in [0.05, 0.1) is 54.9 Å². The molecule has 0 amide bonds. The minimum atomic E-state index is -2.03. The molecule has 692 valence electrons. The molecule has 10 rings (SSSR count). The molecule has 0 aliphatic heterocycles. The smallest absolute Gasteiger partial charge is 0.443 e. The number of hydrogen-bond acceptors (Lipinski definition) is 23. The van der Waals surface area contributed by atoms with Gasteiger partial charge in [0.1, 0.15) is 18.0 Å². The lowest BCUT2D eigenvalue weighted by Gasteiger charge is -2.17. The zero-order chi connectivity index (χ0) is 97.8. The summed E-state index contributed by atoms with van der Waals surface area (Å²) < 4.78 is 43.2. The van der Waals surface area contributed by atoms with Gasteiger partial charge in [-0.1, -0.05) is 123 Å². The van der Waals surface area contributed by atoms with E-state index >= 15 is 0 Å². The highest BCUT2D eigenvalue weighted by Gasteiger charge is 2.39. The van der Waals surface area contributed by atoms with E-state index in [1.807, 2.05) is 89.2 Å². The molecule has 10 aromatic rings. The van der Waals surface area contributed by atoms with Gasteiger partial charge in [-0.2, -0.15) is 0 Å². The third-order valence-corrected chi connectivity index (χ3v) is 24.6. The van der Waals surface area contributed by atoms with Crippen LogP contribution in [-0.4, -0.2) is 122 Å². The minimum Gasteiger partial charge on any atom is -0.443 e. The van der Waals surface area contributed by atoms with Crippen LogP contribution >= 0.6 is 60.3 Å². The second-order valence-corrected chi connectivity index (χ2v) is 34.4. The summed E-state index contributed by atoms with van der Waals surface area (Å²) in [5, 5.41) is 15.3. The lowest BCUT2D eigenvalue weighted by Crippen LogP contribution is -2.39. The summed E-state index contributed by atoms with van der Waals surface area (Å²) in [6, 6.07) is 28.4. The van der Waals surface area contributed by atoms with E-state index in [0.717, 1.165) is 103 Å². The lowest BCUT2D eigenvalue weighted by molar-refractivity contribution is -0.135. The number of aromatic nitrogens is 10. The van der Waals surface area contributed by atoms with Crippen molar-refractivity contribution < 1.29 is 46.9 Å². The van der Waals surface area contributed by atoms with Crippen molar-refractivity contribution >= 4 is 90.6 Å². The highest BCUT2D eigenvalue weighted by Crippen LogP contribution is 2.33. The maximum absolute atomic E-state index is 12.7. The van der Waals surface area contributed by atoms with Crippen LogP contribution in [-0.2, 0) is 114 Å². The Hall–Kier alpha value is -10.4. The monoisotopic (exact) mass is 1900 g/mol. The second-order valence-electron chi connectivity index (χ2n) is 29.5. The average molecular weight is 1900 g/mol. The van der Waals surface area contributed by atoms with Gasteiger partial charge in [-0.15, -0.1) is 4.52 Å². The van der Waals surface area contributed by atoms with E-state index in [-0.39, 0.29) is 87.7 Å². The van der Waals surface area contributed by atoms with Crippen LogP contribution in [0, 0.1) is 96.9 Å². The Morgan fingerprint density at radius 1 is 0.406 bits per heavy atom. The molecule has 40 heteroatoms. The number of aliphatic hydroxyl groups excluding tert-OH is 1. The maximum atomic E-state index is 12.7. The van der Waals surface area contributed by atoms with E-state index in [0.29, 0.717) is 68.3 Å². The van der Waals surface area contributed by atoms with Crippen molar-refractivity contribution in [1.29, 1.82) is 0 Å². The Kier molecular flexibility index (Phi) is 45.2. The van der Waals surface area contributed by atoms with Crippen molar-refractivity contribution in [2.75, 3.05) is 35.4 Å². The molecule has 0 fully saturated rings. The van der Waals surface area contributed by atoms with Crippen molar-refractivity contribution in [3.63, 3.8) is 0 Å². The molecule has 0 saturated heterocycles. The quantitative estimate of drug-likeness (QED) is 0.0254. The molecule has 0 aliphatic carbocycles. The molecule has 5 aromatic carbocycles. The summed E-state index contributed by atoms with van der Waals surface area (Å²) in [5.41, 5.74) is 17.6. The van der Waals surface area contributed by atoms with E-state index in [1.54, 1.807) is 115 Å². The fourth-order valence-corrected chi connectivity index (χ4v) is 15.5. The number of likely N-dealkylation sites (N-methyl/N-ethyl adjacent to an activating group) is 3. The number of aldehydes is 1. The van der Waals surface area contributed by atoms with Crippen LogP contribution in [0.2, 0.25) is 0 Å². The Morgan fingerprint density at radius 3 is 1.06 bits per heavy atom. The van der Waals surface area contributed by atoms with E-state index in [4.69, 9.17) is 14.2 Å². The summed E-state index contributed by atoms with van der Waals surface area (Å²) in [5.74, 6) is -2.17. The molecule has 0 spiro atoms. The highest BCUT2D eigenvalue weighted by molar-refractivity contribution is 8.00. The largest absolute Gasteiger partial charge is 0.539 e. The second kappa shape index (κ2) is 51.7. The predicted octanol–water partition coefficient (Wildman–Crippen LogP) is 8.91. The van der Waals surface area contributed by atoms with Gasteiger partial charge < -0.3 is 52.1 Å². The molecule has 0 aliphatic rings. The number of hydrogen-bond donors (Lipinski definition) is 4. The standard InChI is InChI=1S/C18H25N3O4P2.C18H23N3O4P2.C15H16N2O3.C15H18N2O2.C9H12.C8H12N2O2.C4H11NO4P3.CH4O/c2*1-10-8-12(9-14(19-3)17(23)25-27-26)6-7-13(10)15-11(2)20(4)18(24)21(5)16(15)22;1-9-7-11(8-18)5-6-12(9)13-10(2)16(3)15(20)17(4)14(13)19;1-9-6-7-12(10(2)8-9)13-11(3)16(4)15(19)17(5)14(13)18;1-7-4-5-8(2)9(3)6-7;1-5-6(2)9(3)8(12)10(4)7(5)11;1-5-3(12(7)8-2)4(6)9-11-10;1-2/h6-8,14,19,27H,9,26H2,1-5H3;6-9,19,27H,26H2,1-5H3;5-8H,1-4H3;6-8H,1-5H3;4-6H,1-3H3;1-4H3;3,5,11H,10H2,1-2H3;2H,1H3/q;;;;;;+1;/b;14-9-;;;;;;. The lowest BCUT2D eigenvalue weighted by atomic mass is 9.95. The first-order chi connectivity index (χ1) is 60.0. The first-order valence-electron chi connectivity index (χ1n) is 39.4. The number of rotatable bonds is 19. The first kappa shape index (κ1) is 112. The molecule has 0 saturated carbocycles. The van der Waals surface area contributed by atoms with Crippen molar-refractivity contribution in [3.05, 3.63) is 296 Å². The first-order valence-corrected chi connectivity index (χ1v) is 48.8. The molecule has 33 nitrogen and oxygen atoms in total. The molecule has 0 bridgehead atoms. The summed E-state index contributed by atoms with van der Waals surface area (Å²) in [6.45, 7) is 26.6. The molecular formula is C88H121N13O20P7+. The van der Waals surface area contributed by atoms with Crippen LogP contribution in [0.1, 0.15) is 100 Å². The van der Waals surface area contributed by atoms with Gasteiger partial charge in [0.2, 0.25) is 0 Å². The Bertz CT molecular complexity index is 6430. The van der Waals surface area contributed by atoms with Crippen LogP contribution in [0.15, 0.2) is 145 Å². The number of benzene rings is 5. The SMILES string of the molecule is CN/C(=C\c1ccc(-c2c(C)n(C)c(=O)n(C)c2=O)c(C)c1)C(=O)OPP.CNC(C(=O)OPP)[P+](=O)OC.CNC(Cc1ccc(-c2c(C)n(C)c(=O)n(C)c2=O)c(C)c1)C(=O)OPP.CO.Cc1c(C)n(C)c(=O)n(C)c1=O.Cc1cc(C=O)ccc1-c1c(C)n(C)c(=O)n(C)c1=O.Cc1ccc(-c2c(C)n(C)c(=O)n(C)c2=O)c(C)c1.Cc1ccc(C)c(C)c1. The van der Waals surface area contributed by atoms with Crippen LogP contribution in [0.25, 0.3) is 50.6 Å². The van der Waals surface area contributed by atoms with Crippen LogP contribution in [0.3, 0.4) is 0 Å². The fraction of sp³-hybridized carbons (Fsp3) is 0.364. The Labute approximate surface area is 756 Å². The normalized spacial score (nSPS) is 11.5. The molecule has 9 unspecified atom stereocenters. The molecule has 9 atom stereocenters. The average Bonchev–Trinajstić information content (AvgIpc) is 0.777. The molecule has 5 aromatic heterocycles. The van der Waals surface area contributed by atoms with Gasteiger partial charge in [0.25, 0.3) is 27.8 Å². The summed E-state index contributed by atoms with van der Waals surface area (Å²) in [6.07, 6.45) is 2.94. The molecule has 128 heavy (non-hydrogen) atoms. The third kappa shape index (κ3) is 27.8. The number of aliphatic hydroxyl groups is 1. The number of nitrogens with one attached hydrogen (secondary N) is 3. The van der Waals surface area contributed by atoms with Crippen molar-refractivity contribution in [1.82, 2.24) is 61.6 Å². The van der Waals surface area contributed by atoms with Gasteiger partial charge >= 0.3 is 60.2 Å². The summed E-state index contributed by atoms with van der Waals surface area (Å²) >= 11 is 0. The van der Waals surface area contributed by atoms with Gasteiger partial charge in [0.15, 0.2) is 0 Å². The van der Waals surface area contributed by atoms with Crippen molar-refractivity contribution in [3.8, 4) is 44.5 Å². The van der Waals surface area contributed by atoms with Crippen LogP contribution in [0.5, 0.6) is 0 Å². The summed E-state index contributed by atoms with van der Waals surface area (Å²) in [4.78, 5) is 166. The Morgan fingerprint density at radius 2 is 0.734 bits per heavy atom. The Balaban J connectivity index is 0.000000395. The van der Waals surface area contributed by atoms with E-state index in [1.165, 1.54) is 88.9 Å². The highest BCUT2D eigenvalue weighted by atomic mass is 32.0. The van der Waals surface area contributed by atoms with Gasteiger partial charge in [-0.25, -0.2) is 33.6 Å². The zero-order valence-electron chi connectivity index (χ0n) is 78.0. The molecule has 0 radical (unpaired) electrons. The summed E-state index contributed by atoms with van der Waals surface area (Å²) in [7, 11) is 27.8. The predicted molar refractivity (Wildman–Crippen MR) is 526 cm³/mol. The number of nitrogens with zero attached hydrogens (tertiary/aromatic N) is 10. The number of aryl methyl sites for hydroxylation is 8.